The van der Waals surface area contributed by atoms with Crippen molar-refractivity contribution in [3.05, 3.63) is 66.2 Å². The van der Waals surface area contributed by atoms with E-state index in [0.717, 1.165) is 0 Å². The van der Waals surface area contributed by atoms with Crippen LogP contribution in [0.1, 0.15) is 18.6 Å². The normalized spacial score (nSPS) is 15.7. The maximum absolute atomic E-state index is 11.9. The van der Waals surface area contributed by atoms with Crippen LogP contribution < -0.4 is 5.19 Å². The van der Waals surface area contributed by atoms with Crippen LogP contribution >= 0.6 is 0 Å². The molecule has 3 atom stereocenters. The molecule has 0 bridgehead atoms. The number of carboxylic acids is 1. The summed E-state index contributed by atoms with van der Waals surface area (Å²) in [7, 11) is -2.05. The first-order valence-electron chi connectivity index (χ1n) is 7.87. The Morgan fingerprint density at radius 1 is 0.957 bits per heavy atom. The fourth-order valence-corrected chi connectivity index (χ4v) is 5.86. The number of aliphatic carboxylic acids is 1. The second kappa shape index (κ2) is 7.11. The van der Waals surface area contributed by atoms with Gasteiger partial charge in [0.15, 0.2) is 0 Å². The first kappa shape index (κ1) is 17.4. The molecule has 0 heterocycles. The van der Waals surface area contributed by atoms with Gasteiger partial charge in [0.2, 0.25) is 0 Å². The van der Waals surface area contributed by atoms with Gasteiger partial charge in [0.25, 0.3) is 0 Å². The van der Waals surface area contributed by atoms with Crippen LogP contribution in [-0.2, 0) is 4.79 Å². The Morgan fingerprint density at radius 3 is 1.91 bits per heavy atom. The summed E-state index contributed by atoms with van der Waals surface area (Å²) in [5.74, 6) is -1.76. The van der Waals surface area contributed by atoms with Crippen LogP contribution in [0.25, 0.3) is 0 Å². The van der Waals surface area contributed by atoms with Gasteiger partial charge in [-0.1, -0.05) is 85.9 Å². The van der Waals surface area contributed by atoms with E-state index in [0.29, 0.717) is 5.56 Å². The zero-order valence-electron chi connectivity index (χ0n) is 13.8. The summed E-state index contributed by atoms with van der Waals surface area (Å²) < 4.78 is 0. The third kappa shape index (κ3) is 3.71. The molecule has 0 saturated carbocycles. The summed E-state index contributed by atoms with van der Waals surface area (Å²) in [6.45, 7) is 6.30. The Bertz CT molecular complexity index is 640. The highest BCUT2D eigenvalue weighted by Crippen LogP contribution is 2.37. The Hall–Kier alpha value is -1.91. The second-order valence-electron chi connectivity index (χ2n) is 6.60. The van der Waals surface area contributed by atoms with Crippen LogP contribution in [0, 0.1) is 5.92 Å². The van der Waals surface area contributed by atoms with Gasteiger partial charge in [-0.25, -0.2) is 0 Å². The van der Waals surface area contributed by atoms with Gasteiger partial charge < -0.3 is 10.2 Å². The first-order chi connectivity index (χ1) is 10.9. The number of hydrogen-bond donors (Lipinski definition) is 2. The average Bonchev–Trinajstić information content (AvgIpc) is 2.56. The summed E-state index contributed by atoms with van der Waals surface area (Å²) in [5.41, 5.74) is 0.544. The molecule has 0 aromatic heterocycles. The predicted molar refractivity (Wildman–Crippen MR) is 95.5 cm³/mol. The number of carbonyl (C=O) groups is 1. The monoisotopic (exact) mass is 328 g/mol. The molecule has 0 aliphatic rings. The second-order valence-corrected chi connectivity index (χ2v) is 11.5. The lowest BCUT2D eigenvalue weighted by Crippen LogP contribution is -2.49. The Labute approximate surface area is 138 Å². The van der Waals surface area contributed by atoms with Crippen LogP contribution in [0.2, 0.25) is 18.6 Å². The lowest BCUT2D eigenvalue weighted by Gasteiger charge is -2.36. The third-order valence-electron chi connectivity index (χ3n) is 4.96. The third-order valence-corrected chi connectivity index (χ3v) is 9.42. The number of benzene rings is 2. The van der Waals surface area contributed by atoms with Crippen molar-refractivity contribution in [2.45, 2.75) is 31.7 Å². The van der Waals surface area contributed by atoms with E-state index in [1.54, 1.807) is 12.1 Å². The molecule has 0 fully saturated rings. The van der Waals surface area contributed by atoms with Crippen LogP contribution in [0.15, 0.2) is 60.7 Å². The van der Waals surface area contributed by atoms with Crippen molar-refractivity contribution >= 4 is 19.2 Å². The molecule has 0 unspecified atom stereocenters. The molecular weight excluding hydrogens is 304 g/mol. The van der Waals surface area contributed by atoms with Gasteiger partial charge in [-0.05, 0) is 11.1 Å². The SMILES string of the molecule is C[C@@H]([C@@H](C(=O)O)[C@H](O)c1ccccc1)[Si](C)(C)c1ccccc1. The summed E-state index contributed by atoms with van der Waals surface area (Å²) >= 11 is 0. The van der Waals surface area contributed by atoms with E-state index in [9.17, 15) is 15.0 Å². The van der Waals surface area contributed by atoms with Crippen molar-refractivity contribution in [3.8, 4) is 0 Å². The van der Waals surface area contributed by atoms with Crippen molar-refractivity contribution in [2.24, 2.45) is 5.92 Å². The smallest absolute Gasteiger partial charge is 0.309 e. The van der Waals surface area contributed by atoms with Crippen LogP contribution in [0.3, 0.4) is 0 Å². The van der Waals surface area contributed by atoms with Gasteiger partial charge in [-0.2, -0.15) is 0 Å². The summed E-state index contributed by atoms with van der Waals surface area (Å²) in [6.07, 6.45) is -1.00. The standard InChI is InChI=1S/C19H24O3Si/c1-14(23(2,3)16-12-8-5-9-13-16)17(19(21)22)18(20)15-10-6-4-7-11-15/h4-14,17-18,20H,1-3H3,(H,21,22)/t14-,17+,18+/m0/s1. The molecule has 0 amide bonds. The Kier molecular flexibility index (Phi) is 5.39. The van der Waals surface area contributed by atoms with E-state index in [-0.39, 0.29) is 5.54 Å². The molecule has 2 aromatic rings. The van der Waals surface area contributed by atoms with Gasteiger partial charge in [0.1, 0.15) is 0 Å². The molecule has 2 aromatic carbocycles. The number of aliphatic hydroxyl groups excluding tert-OH is 1. The Balaban J connectivity index is 2.36. The topological polar surface area (TPSA) is 57.5 Å². The summed E-state index contributed by atoms with van der Waals surface area (Å²) in [5, 5.41) is 21.6. The summed E-state index contributed by atoms with van der Waals surface area (Å²) in [6, 6.07) is 19.1. The van der Waals surface area contributed by atoms with Crippen molar-refractivity contribution in [1.29, 1.82) is 0 Å². The fourth-order valence-electron chi connectivity index (χ4n) is 3.06. The molecule has 4 heteroatoms. The highest BCUT2D eigenvalue weighted by atomic mass is 28.3. The van der Waals surface area contributed by atoms with Crippen LogP contribution in [0.4, 0.5) is 0 Å². The van der Waals surface area contributed by atoms with Gasteiger partial charge in [0.05, 0.1) is 20.1 Å². The largest absolute Gasteiger partial charge is 0.481 e. The fraction of sp³-hybridized carbons (Fsp3) is 0.316. The number of hydrogen-bond acceptors (Lipinski definition) is 2. The quantitative estimate of drug-likeness (QED) is 0.799. The van der Waals surface area contributed by atoms with Crippen molar-refractivity contribution in [1.82, 2.24) is 0 Å². The van der Waals surface area contributed by atoms with E-state index in [4.69, 9.17) is 0 Å². The van der Waals surface area contributed by atoms with Gasteiger partial charge >= 0.3 is 5.97 Å². The molecule has 2 N–H and O–H groups in total. The summed E-state index contributed by atoms with van der Waals surface area (Å²) in [4.78, 5) is 11.9. The molecule has 0 aliphatic carbocycles. The molecule has 23 heavy (non-hydrogen) atoms. The maximum Gasteiger partial charge on any atom is 0.309 e. The van der Waals surface area contributed by atoms with Gasteiger partial charge in [0, 0.05) is 0 Å². The molecule has 3 nitrogen and oxygen atoms in total. The maximum atomic E-state index is 11.9. The highest BCUT2D eigenvalue weighted by molar-refractivity contribution is 6.91. The van der Waals surface area contributed by atoms with E-state index < -0.39 is 26.1 Å². The lowest BCUT2D eigenvalue weighted by atomic mass is 9.93. The van der Waals surface area contributed by atoms with Gasteiger partial charge in [-0.3, -0.25) is 4.79 Å². The van der Waals surface area contributed by atoms with Gasteiger partial charge in [-0.15, -0.1) is 0 Å². The van der Waals surface area contributed by atoms with Crippen LogP contribution in [-0.4, -0.2) is 24.3 Å². The number of aliphatic hydroxyl groups is 1. The molecule has 0 aliphatic heterocycles. The first-order valence-corrected chi connectivity index (χ1v) is 10.9. The number of carboxylic acid groups (broad SMARTS) is 1. The van der Waals surface area contributed by atoms with E-state index in [1.807, 2.05) is 43.3 Å². The minimum atomic E-state index is -2.05. The number of rotatable bonds is 6. The van der Waals surface area contributed by atoms with Crippen molar-refractivity contribution < 1.29 is 15.0 Å². The Morgan fingerprint density at radius 2 is 1.43 bits per heavy atom. The van der Waals surface area contributed by atoms with E-state index in [1.165, 1.54) is 5.19 Å². The van der Waals surface area contributed by atoms with E-state index in [2.05, 4.69) is 25.2 Å². The molecular formula is C19H24O3Si. The highest BCUT2D eigenvalue weighted by Gasteiger charge is 2.42. The molecule has 2 rings (SSSR count). The average molecular weight is 328 g/mol. The zero-order chi connectivity index (χ0) is 17.0. The predicted octanol–water partition coefficient (Wildman–Crippen LogP) is 3.43. The van der Waals surface area contributed by atoms with Crippen molar-refractivity contribution in [2.75, 3.05) is 0 Å². The molecule has 0 spiro atoms. The molecule has 0 radical (unpaired) electrons. The molecule has 0 saturated heterocycles. The zero-order valence-corrected chi connectivity index (χ0v) is 14.8. The minimum absolute atomic E-state index is 0.113. The minimum Gasteiger partial charge on any atom is -0.481 e. The van der Waals surface area contributed by atoms with Crippen LogP contribution in [0.5, 0.6) is 0 Å². The molecule has 122 valence electrons. The van der Waals surface area contributed by atoms with Crippen molar-refractivity contribution in [3.63, 3.8) is 0 Å². The van der Waals surface area contributed by atoms with E-state index >= 15 is 0 Å². The lowest BCUT2D eigenvalue weighted by molar-refractivity contribution is -0.146.